The quantitative estimate of drug-likeness (QED) is 0.750. The molecule has 0 bridgehead atoms. The van der Waals surface area contributed by atoms with Gasteiger partial charge in [-0.15, -0.1) is 0 Å². The van der Waals surface area contributed by atoms with Crippen LogP contribution in [0.15, 0.2) is 58.7 Å². The maximum absolute atomic E-state index is 12.2. The highest BCUT2D eigenvalue weighted by Gasteiger charge is 2.28. The predicted molar refractivity (Wildman–Crippen MR) is 74.7 cm³/mol. The van der Waals surface area contributed by atoms with Crippen LogP contribution in [0.5, 0.6) is 0 Å². The number of hydrogen-bond donors (Lipinski definition) is 0. The third-order valence-corrected chi connectivity index (χ3v) is 3.60. The Kier molecular flexibility index (Phi) is 3.32. The van der Waals surface area contributed by atoms with E-state index < -0.39 is 0 Å². The Morgan fingerprint density at radius 3 is 2.68 bits per heavy atom. The molecule has 1 aliphatic rings. The van der Waals surface area contributed by atoms with E-state index >= 15 is 0 Å². The Morgan fingerprint density at radius 2 is 1.95 bits per heavy atom. The van der Waals surface area contributed by atoms with Crippen LogP contribution in [0.4, 0.5) is 0 Å². The van der Waals surface area contributed by atoms with E-state index in [0.29, 0.717) is 6.42 Å². The van der Waals surface area contributed by atoms with Crippen LogP contribution in [0, 0.1) is 0 Å². The topological polar surface area (TPSA) is 30.2 Å². The van der Waals surface area contributed by atoms with E-state index in [0.717, 1.165) is 29.7 Å². The van der Waals surface area contributed by atoms with Crippen molar-refractivity contribution in [2.75, 3.05) is 0 Å². The first-order chi connectivity index (χ1) is 9.34. The third-order valence-electron chi connectivity index (χ3n) is 3.60. The van der Waals surface area contributed by atoms with Crippen LogP contribution < -0.4 is 0 Å². The number of allylic oxidation sites excluding steroid dienone is 1. The largest absolute Gasteiger partial charge is 0.469 e. The zero-order valence-corrected chi connectivity index (χ0v) is 10.7. The minimum Gasteiger partial charge on any atom is -0.469 e. The van der Waals surface area contributed by atoms with Crippen LogP contribution in [-0.4, -0.2) is 5.78 Å². The highest BCUT2D eigenvalue weighted by Crippen LogP contribution is 2.36. The molecule has 0 aliphatic heterocycles. The van der Waals surface area contributed by atoms with Gasteiger partial charge in [0.15, 0.2) is 5.78 Å². The third kappa shape index (κ3) is 2.53. The molecule has 1 atom stereocenters. The Bertz CT molecular complexity index is 579. The summed E-state index contributed by atoms with van der Waals surface area (Å²) in [4.78, 5) is 12.2. The lowest BCUT2D eigenvalue weighted by Crippen LogP contribution is -2.17. The maximum Gasteiger partial charge on any atom is 0.159 e. The van der Waals surface area contributed by atoms with Crippen LogP contribution in [0.1, 0.15) is 36.5 Å². The van der Waals surface area contributed by atoms with Crippen molar-refractivity contribution in [3.8, 4) is 0 Å². The summed E-state index contributed by atoms with van der Waals surface area (Å²) in [5.74, 6) is 1.25. The first-order valence-electron chi connectivity index (χ1n) is 6.68. The van der Waals surface area contributed by atoms with E-state index in [1.54, 1.807) is 6.26 Å². The van der Waals surface area contributed by atoms with E-state index in [2.05, 4.69) is 0 Å². The van der Waals surface area contributed by atoms with E-state index in [9.17, 15) is 4.79 Å². The van der Waals surface area contributed by atoms with Gasteiger partial charge in [-0.3, -0.25) is 4.79 Å². The van der Waals surface area contributed by atoms with E-state index in [4.69, 9.17) is 4.42 Å². The summed E-state index contributed by atoms with van der Waals surface area (Å²) < 4.78 is 5.50. The van der Waals surface area contributed by atoms with Crippen molar-refractivity contribution in [3.05, 3.63) is 65.6 Å². The smallest absolute Gasteiger partial charge is 0.159 e. The molecule has 0 N–H and O–H groups in total. The van der Waals surface area contributed by atoms with Crippen molar-refractivity contribution >= 4 is 11.9 Å². The fraction of sp³-hybridized carbons (Fsp3) is 0.235. The molecule has 0 spiro atoms. The fourth-order valence-electron chi connectivity index (χ4n) is 2.66. The second-order valence-electron chi connectivity index (χ2n) is 4.89. The molecule has 0 radical (unpaired) electrons. The predicted octanol–water partition coefficient (Wildman–Crippen LogP) is 4.20. The molecule has 1 unspecified atom stereocenters. The number of carbonyl (C=O) groups excluding carboxylic acids is 1. The molecule has 1 heterocycles. The van der Waals surface area contributed by atoms with E-state index in [1.165, 1.54) is 0 Å². The summed E-state index contributed by atoms with van der Waals surface area (Å²) in [5.41, 5.74) is 1.96. The van der Waals surface area contributed by atoms with Crippen LogP contribution in [0.2, 0.25) is 0 Å². The molecule has 1 aromatic carbocycles. The lowest BCUT2D eigenvalue weighted by Gasteiger charge is -2.22. The Balaban J connectivity index is 1.99. The van der Waals surface area contributed by atoms with Crippen molar-refractivity contribution < 1.29 is 9.21 Å². The van der Waals surface area contributed by atoms with Gasteiger partial charge in [0.25, 0.3) is 0 Å². The molecule has 1 fully saturated rings. The molecular formula is C17H16O2. The number of furan rings is 1. The summed E-state index contributed by atoms with van der Waals surface area (Å²) in [6.07, 6.45) is 6.26. The minimum absolute atomic E-state index is 0.108. The van der Waals surface area contributed by atoms with Gasteiger partial charge in [-0.05, 0) is 36.6 Å². The van der Waals surface area contributed by atoms with Gasteiger partial charge in [-0.25, -0.2) is 0 Å². The number of benzene rings is 1. The lowest BCUT2D eigenvalue weighted by molar-refractivity contribution is -0.116. The molecule has 96 valence electrons. The van der Waals surface area contributed by atoms with Gasteiger partial charge in [-0.1, -0.05) is 30.3 Å². The Labute approximate surface area is 112 Å². The van der Waals surface area contributed by atoms with Crippen LogP contribution in [0.25, 0.3) is 6.08 Å². The molecule has 1 saturated carbocycles. The molecule has 2 heteroatoms. The van der Waals surface area contributed by atoms with Crippen molar-refractivity contribution in [2.24, 2.45) is 0 Å². The van der Waals surface area contributed by atoms with Gasteiger partial charge in [0.1, 0.15) is 5.76 Å². The summed E-state index contributed by atoms with van der Waals surface area (Å²) in [7, 11) is 0. The SMILES string of the molecule is O=C1CCCC(c2ccco2)/C1=C/c1ccccc1. The second kappa shape index (κ2) is 5.27. The molecule has 3 rings (SSSR count). The molecular weight excluding hydrogens is 236 g/mol. The number of Topliss-reactive ketones (excluding diaryl/α,β-unsaturated/α-hetero) is 1. The zero-order valence-electron chi connectivity index (χ0n) is 10.7. The molecule has 2 nitrogen and oxygen atoms in total. The molecule has 0 amide bonds. The van der Waals surface area contributed by atoms with Gasteiger partial charge in [-0.2, -0.15) is 0 Å². The van der Waals surface area contributed by atoms with Gasteiger partial charge in [0, 0.05) is 17.9 Å². The first kappa shape index (κ1) is 12.0. The van der Waals surface area contributed by atoms with E-state index in [1.807, 2.05) is 48.5 Å². The van der Waals surface area contributed by atoms with Crippen LogP contribution >= 0.6 is 0 Å². The highest BCUT2D eigenvalue weighted by molar-refractivity contribution is 6.01. The van der Waals surface area contributed by atoms with Crippen molar-refractivity contribution in [1.82, 2.24) is 0 Å². The summed E-state index contributed by atoms with van der Waals surface area (Å²) in [6.45, 7) is 0. The lowest BCUT2D eigenvalue weighted by atomic mass is 9.81. The van der Waals surface area contributed by atoms with Crippen molar-refractivity contribution in [1.29, 1.82) is 0 Å². The van der Waals surface area contributed by atoms with Crippen molar-refractivity contribution in [2.45, 2.75) is 25.2 Å². The Morgan fingerprint density at radius 1 is 1.11 bits per heavy atom. The average Bonchev–Trinajstić information content (AvgIpc) is 2.96. The zero-order chi connectivity index (χ0) is 13.1. The second-order valence-corrected chi connectivity index (χ2v) is 4.89. The molecule has 1 aliphatic carbocycles. The fourth-order valence-corrected chi connectivity index (χ4v) is 2.66. The van der Waals surface area contributed by atoms with E-state index in [-0.39, 0.29) is 11.7 Å². The number of carbonyl (C=O) groups is 1. The molecule has 19 heavy (non-hydrogen) atoms. The molecule has 2 aromatic rings. The van der Waals surface area contributed by atoms with Crippen LogP contribution in [-0.2, 0) is 4.79 Å². The maximum atomic E-state index is 12.2. The number of rotatable bonds is 2. The standard InChI is InChI=1S/C17H16O2/c18-16-9-4-8-14(17-10-5-11-19-17)15(16)12-13-6-2-1-3-7-13/h1-3,5-7,10-12,14H,4,8-9H2/b15-12-. The normalized spacial score (nSPS) is 21.8. The average molecular weight is 252 g/mol. The molecule has 0 saturated heterocycles. The van der Waals surface area contributed by atoms with Gasteiger partial charge < -0.3 is 4.42 Å². The Hall–Kier alpha value is -2.09. The summed E-state index contributed by atoms with van der Waals surface area (Å²) >= 11 is 0. The van der Waals surface area contributed by atoms with Crippen LogP contribution in [0.3, 0.4) is 0 Å². The van der Waals surface area contributed by atoms with Gasteiger partial charge in [0.05, 0.1) is 6.26 Å². The van der Waals surface area contributed by atoms with Gasteiger partial charge in [0.2, 0.25) is 0 Å². The number of hydrogen-bond acceptors (Lipinski definition) is 2. The highest BCUT2D eigenvalue weighted by atomic mass is 16.3. The minimum atomic E-state index is 0.108. The number of ketones is 1. The monoisotopic (exact) mass is 252 g/mol. The first-order valence-corrected chi connectivity index (χ1v) is 6.68. The summed E-state index contributed by atoms with van der Waals surface area (Å²) in [6, 6.07) is 13.8. The summed E-state index contributed by atoms with van der Waals surface area (Å²) in [5, 5.41) is 0. The van der Waals surface area contributed by atoms with Gasteiger partial charge >= 0.3 is 0 Å². The van der Waals surface area contributed by atoms with Crippen molar-refractivity contribution in [3.63, 3.8) is 0 Å². The molecule has 1 aromatic heterocycles.